The second kappa shape index (κ2) is 5.37. The number of benzene rings is 1. The lowest BCUT2D eigenvalue weighted by atomic mass is 10.3. The molecule has 9 heteroatoms. The molecule has 0 saturated heterocycles. The minimum absolute atomic E-state index is 0. The third-order valence-electron chi connectivity index (χ3n) is 1.60. The first-order chi connectivity index (χ1) is 7.26. The zero-order valence-corrected chi connectivity index (χ0v) is 8.91. The van der Waals surface area contributed by atoms with Gasteiger partial charge < -0.3 is 10.2 Å². The highest BCUT2D eigenvalue weighted by Crippen LogP contribution is 2.37. The second-order valence-electron chi connectivity index (χ2n) is 2.79. The average molecular weight is 279 g/mol. The van der Waals surface area contributed by atoms with E-state index in [1.165, 1.54) is 12.1 Å². The third-order valence-corrected chi connectivity index (χ3v) is 1.60. The fourth-order valence-corrected chi connectivity index (χ4v) is 0.825. The van der Waals surface area contributed by atoms with Gasteiger partial charge in [-0.3, -0.25) is 5.84 Å². The van der Waals surface area contributed by atoms with E-state index in [0.717, 1.165) is 12.1 Å². The Labute approximate surface area is 99.1 Å². The molecule has 0 radical (unpaired) electrons. The molecule has 1 rings (SSSR count). The minimum Gasteiger partial charge on any atom is -0.426 e. The number of nitrogens with two attached hydrogens (primary N) is 1. The van der Waals surface area contributed by atoms with Crippen molar-refractivity contribution in [3.05, 3.63) is 24.3 Å². The number of alkyl halides is 5. The molecule has 0 bridgehead atoms. The van der Waals surface area contributed by atoms with Crippen LogP contribution in [0.4, 0.5) is 27.6 Å². The van der Waals surface area contributed by atoms with Crippen molar-refractivity contribution in [3.8, 4) is 5.75 Å². The fourth-order valence-electron chi connectivity index (χ4n) is 0.825. The van der Waals surface area contributed by atoms with Gasteiger partial charge in [-0.25, -0.2) is 0 Å². The average Bonchev–Trinajstić information content (AvgIpc) is 2.16. The Hall–Kier alpha value is -1.28. The number of nitrogens with one attached hydrogen (secondary N) is 1. The molecule has 17 heavy (non-hydrogen) atoms. The summed E-state index contributed by atoms with van der Waals surface area (Å²) in [6, 6.07) is 4.27. The zero-order valence-electron chi connectivity index (χ0n) is 8.09. The van der Waals surface area contributed by atoms with E-state index in [9.17, 15) is 22.0 Å². The predicted molar refractivity (Wildman–Crippen MR) is 53.1 cm³/mol. The van der Waals surface area contributed by atoms with Gasteiger partial charge in [-0.15, -0.1) is 12.4 Å². The van der Waals surface area contributed by atoms with Crippen molar-refractivity contribution in [1.29, 1.82) is 0 Å². The number of hydrogen-bond acceptors (Lipinski definition) is 3. The molecule has 3 nitrogen and oxygen atoms in total. The van der Waals surface area contributed by atoms with Crippen molar-refractivity contribution in [1.82, 2.24) is 0 Å². The first-order valence-corrected chi connectivity index (χ1v) is 3.96. The van der Waals surface area contributed by atoms with Gasteiger partial charge in [-0.2, -0.15) is 22.0 Å². The maximum Gasteiger partial charge on any atom is 0.499 e. The summed E-state index contributed by atoms with van der Waals surface area (Å²) in [5.41, 5.74) is 2.53. The smallest absolute Gasteiger partial charge is 0.426 e. The predicted octanol–water partition coefficient (Wildman–Crippen LogP) is 2.93. The first kappa shape index (κ1) is 15.7. The summed E-state index contributed by atoms with van der Waals surface area (Å²) in [6.45, 7) is 0. The Morgan fingerprint density at radius 1 is 1.00 bits per heavy atom. The fraction of sp³-hybridized carbons (Fsp3) is 0.250. The van der Waals surface area contributed by atoms with Gasteiger partial charge in [-0.1, -0.05) is 0 Å². The van der Waals surface area contributed by atoms with Gasteiger partial charge in [-0.05, 0) is 24.3 Å². The summed E-state index contributed by atoms with van der Waals surface area (Å²) in [5.74, 6) is 4.37. The van der Waals surface area contributed by atoms with Crippen LogP contribution in [-0.4, -0.2) is 12.3 Å². The number of anilines is 1. The number of halogens is 6. The van der Waals surface area contributed by atoms with E-state index >= 15 is 0 Å². The molecular formula is C8H8ClF5N2O. The summed E-state index contributed by atoms with van der Waals surface area (Å²) in [5, 5.41) is 0. The lowest BCUT2D eigenvalue weighted by Gasteiger charge is -2.20. The molecule has 0 heterocycles. The van der Waals surface area contributed by atoms with Crippen LogP contribution in [0, 0.1) is 0 Å². The van der Waals surface area contributed by atoms with E-state index < -0.39 is 18.0 Å². The van der Waals surface area contributed by atoms with Gasteiger partial charge in [0.25, 0.3) is 0 Å². The van der Waals surface area contributed by atoms with Crippen molar-refractivity contribution < 1.29 is 26.7 Å². The molecule has 0 fully saturated rings. The Morgan fingerprint density at radius 2 is 1.47 bits per heavy atom. The van der Waals surface area contributed by atoms with Gasteiger partial charge in [0.15, 0.2) is 0 Å². The molecule has 0 aliphatic carbocycles. The van der Waals surface area contributed by atoms with Gasteiger partial charge in [0, 0.05) is 5.69 Å². The zero-order chi connectivity index (χ0) is 12.4. The molecule has 0 aromatic heterocycles. The molecule has 0 spiro atoms. The topological polar surface area (TPSA) is 47.3 Å². The third kappa shape index (κ3) is 3.90. The number of ether oxygens (including phenoxy) is 1. The Kier molecular flexibility index (Phi) is 4.96. The highest BCUT2D eigenvalue weighted by molar-refractivity contribution is 5.85. The van der Waals surface area contributed by atoms with E-state index in [1.807, 2.05) is 0 Å². The first-order valence-electron chi connectivity index (χ1n) is 3.96. The standard InChI is InChI=1S/C8H7F5N2O.ClH/c9-7(10,11)8(12,13)16-6-3-1-5(15-14)2-4-6;/h1-4,15H,14H2;1H. The minimum atomic E-state index is -5.75. The molecule has 3 N–H and O–H groups in total. The highest BCUT2D eigenvalue weighted by Gasteiger charge is 2.61. The van der Waals surface area contributed by atoms with Crippen LogP contribution >= 0.6 is 12.4 Å². The van der Waals surface area contributed by atoms with Crippen LogP contribution in [0.3, 0.4) is 0 Å². The molecule has 0 saturated carbocycles. The van der Waals surface area contributed by atoms with Crippen LogP contribution in [0.15, 0.2) is 24.3 Å². The summed E-state index contributed by atoms with van der Waals surface area (Å²) in [6.07, 6.45) is -11.0. The SMILES string of the molecule is Cl.NNc1ccc(OC(F)(F)C(F)(F)F)cc1. The number of nitrogen functional groups attached to an aromatic ring is 1. The van der Waals surface area contributed by atoms with Gasteiger partial charge >= 0.3 is 12.3 Å². The lowest BCUT2D eigenvalue weighted by molar-refractivity contribution is -0.360. The molecule has 0 atom stereocenters. The van der Waals surface area contributed by atoms with Crippen LogP contribution in [-0.2, 0) is 0 Å². The monoisotopic (exact) mass is 278 g/mol. The molecular weight excluding hydrogens is 271 g/mol. The van der Waals surface area contributed by atoms with Crippen LogP contribution in [0.1, 0.15) is 0 Å². The molecule has 1 aromatic carbocycles. The largest absolute Gasteiger partial charge is 0.499 e. The van der Waals surface area contributed by atoms with Crippen LogP contribution in [0.5, 0.6) is 5.75 Å². The Bertz CT molecular complexity index is 354. The van der Waals surface area contributed by atoms with Gasteiger partial charge in [0.1, 0.15) is 5.75 Å². The van der Waals surface area contributed by atoms with E-state index in [-0.39, 0.29) is 12.4 Å². The van der Waals surface area contributed by atoms with Gasteiger partial charge in [0.05, 0.1) is 0 Å². The molecule has 1 aromatic rings. The van der Waals surface area contributed by atoms with E-state index in [0.29, 0.717) is 5.69 Å². The van der Waals surface area contributed by atoms with Crippen LogP contribution in [0.2, 0.25) is 0 Å². The van der Waals surface area contributed by atoms with Crippen molar-refractivity contribution in [2.75, 3.05) is 5.43 Å². The van der Waals surface area contributed by atoms with Gasteiger partial charge in [0.2, 0.25) is 0 Å². The Balaban J connectivity index is 0.00000256. The van der Waals surface area contributed by atoms with E-state index in [2.05, 4.69) is 10.2 Å². The molecule has 0 aliphatic heterocycles. The van der Waals surface area contributed by atoms with Crippen LogP contribution in [0.25, 0.3) is 0 Å². The van der Waals surface area contributed by atoms with Crippen molar-refractivity contribution in [2.45, 2.75) is 12.3 Å². The highest BCUT2D eigenvalue weighted by atomic mass is 35.5. The Morgan fingerprint density at radius 3 is 1.82 bits per heavy atom. The lowest BCUT2D eigenvalue weighted by Crippen LogP contribution is -2.41. The van der Waals surface area contributed by atoms with Crippen molar-refractivity contribution >= 4 is 18.1 Å². The van der Waals surface area contributed by atoms with Crippen LogP contribution < -0.4 is 16.0 Å². The van der Waals surface area contributed by atoms with E-state index in [4.69, 9.17) is 5.84 Å². The van der Waals surface area contributed by atoms with Crippen molar-refractivity contribution in [2.24, 2.45) is 5.84 Å². The number of hydrogen-bond donors (Lipinski definition) is 2. The number of rotatable bonds is 3. The molecule has 98 valence electrons. The number of hydrazine groups is 1. The van der Waals surface area contributed by atoms with Crippen molar-refractivity contribution in [3.63, 3.8) is 0 Å². The summed E-state index contributed by atoms with van der Waals surface area (Å²) >= 11 is 0. The normalized spacial score (nSPS) is 11.6. The second-order valence-corrected chi connectivity index (χ2v) is 2.79. The maximum atomic E-state index is 12.4. The summed E-state index contributed by atoms with van der Waals surface area (Å²) < 4.78 is 63.6. The molecule has 0 amide bonds. The quantitative estimate of drug-likeness (QED) is 0.508. The molecule has 0 aliphatic rings. The maximum absolute atomic E-state index is 12.4. The summed E-state index contributed by atoms with van der Waals surface area (Å²) in [4.78, 5) is 0. The summed E-state index contributed by atoms with van der Waals surface area (Å²) in [7, 11) is 0. The van der Waals surface area contributed by atoms with E-state index in [1.54, 1.807) is 0 Å². The molecule has 0 unspecified atom stereocenters.